The van der Waals surface area contributed by atoms with Gasteiger partial charge in [0, 0.05) is 29.9 Å². The fourth-order valence-corrected chi connectivity index (χ4v) is 3.50. The first-order valence-corrected chi connectivity index (χ1v) is 11.5. The van der Waals surface area contributed by atoms with Crippen molar-refractivity contribution < 1.29 is 39.3 Å². The molecule has 37 heavy (non-hydrogen) atoms. The number of aromatic amines is 1. The Morgan fingerprint density at radius 1 is 0.973 bits per heavy atom. The van der Waals surface area contributed by atoms with E-state index in [-0.39, 0.29) is 19.3 Å². The van der Waals surface area contributed by atoms with Gasteiger partial charge in [0.05, 0.1) is 12.7 Å². The summed E-state index contributed by atoms with van der Waals surface area (Å²) in [5, 5.41) is 35.7. The molecule has 0 aliphatic rings. The smallest absolute Gasteiger partial charge is 0.328 e. The summed E-state index contributed by atoms with van der Waals surface area (Å²) in [6.07, 6.45) is -0.181. The van der Waals surface area contributed by atoms with Gasteiger partial charge in [-0.05, 0) is 25.0 Å². The molecule has 1 aromatic heterocycles. The van der Waals surface area contributed by atoms with Gasteiger partial charge in [-0.2, -0.15) is 0 Å². The molecule has 0 bridgehead atoms. The summed E-state index contributed by atoms with van der Waals surface area (Å²) in [5.41, 5.74) is 12.3. The largest absolute Gasteiger partial charge is 0.480 e. The van der Waals surface area contributed by atoms with E-state index in [0.29, 0.717) is 5.56 Å². The number of aliphatic hydroxyl groups excluding tert-OH is 2. The van der Waals surface area contributed by atoms with Crippen LogP contribution in [0.1, 0.15) is 25.3 Å². The van der Waals surface area contributed by atoms with Crippen LogP contribution in [0.3, 0.4) is 0 Å². The molecule has 2 rings (SSSR count). The van der Waals surface area contributed by atoms with Crippen LogP contribution in [0.15, 0.2) is 30.5 Å². The summed E-state index contributed by atoms with van der Waals surface area (Å²) >= 11 is 0. The van der Waals surface area contributed by atoms with E-state index >= 15 is 0 Å². The Hall–Kier alpha value is -4.01. The van der Waals surface area contributed by atoms with E-state index in [0.717, 1.165) is 10.9 Å². The molecule has 0 radical (unpaired) electrons. The lowest BCUT2D eigenvalue weighted by molar-refractivity contribution is -0.143. The molecule has 14 heteroatoms. The van der Waals surface area contributed by atoms with E-state index in [1.54, 1.807) is 12.3 Å². The van der Waals surface area contributed by atoms with Gasteiger partial charge in [0.1, 0.15) is 24.2 Å². The molecule has 0 saturated heterocycles. The molecule has 1 aromatic carbocycles. The summed E-state index contributed by atoms with van der Waals surface area (Å²) in [4.78, 5) is 64.1. The van der Waals surface area contributed by atoms with Gasteiger partial charge in [-0.3, -0.25) is 19.2 Å². The number of para-hydroxylation sites is 1. The number of carbonyl (C=O) groups is 5. The standard InChI is InChI=1S/C23H32N6O8/c1-11(31)19(25)22(35)28-16(8-12-9-26-14-5-3-2-4-13(12)14)21(34)27-15(6-7-18(24)32)20(33)29-17(10-30)23(36)37/h2-5,9,11,15-17,19,26,30-31H,6-8,10,25H2,1H3,(H2,24,32)(H,27,34)(H,28,35)(H,29,33)(H,36,37). The third kappa shape index (κ3) is 8.27. The van der Waals surface area contributed by atoms with E-state index in [1.165, 1.54) is 6.92 Å². The number of nitrogens with two attached hydrogens (primary N) is 2. The Kier molecular flexibility index (Phi) is 10.5. The van der Waals surface area contributed by atoms with Crippen molar-refractivity contribution in [2.24, 2.45) is 11.5 Å². The average molecular weight is 521 g/mol. The number of aliphatic carboxylic acids is 1. The Morgan fingerprint density at radius 2 is 1.57 bits per heavy atom. The molecule has 0 spiro atoms. The predicted octanol–water partition coefficient (Wildman–Crippen LogP) is -2.78. The first-order valence-electron chi connectivity index (χ1n) is 11.5. The molecule has 0 aliphatic heterocycles. The first-order chi connectivity index (χ1) is 17.4. The summed E-state index contributed by atoms with van der Waals surface area (Å²) in [6.45, 7) is 0.400. The van der Waals surface area contributed by atoms with Crippen LogP contribution in [-0.2, 0) is 30.4 Å². The zero-order chi connectivity index (χ0) is 27.7. The average Bonchev–Trinajstić information content (AvgIpc) is 3.26. The number of fused-ring (bicyclic) bond motifs is 1. The van der Waals surface area contributed by atoms with E-state index in [2.05, 4.69) is 20.9 Å². The summed E-state index contributed by atoms with van der Waals surface area (Å²) < 4.78 is 0. The molecule has 0 fully saturated rings. The van der Waals surface area contributed by atoms with Crippen molar-refractivity contribution in [1.29, 1.82) is 0 Å². The van der Waals surface area contributed by atoms with Crippen molar-refractivity contribution in [3.05, 3.63) is 36.0 Å². The molecule has 4 amide bonds. The lowest BCUT2D eigenvalue weighted by Crippen LogP contribution is -2.59. The van der Waals surface area contributed by atoms with E-state index in [4.69, 9.17) is 16.6 Å². The van der Waals surface area contributed by atoms with Crippen LogP contribution in [0.5, 0.6) is 0 Å². The second-order valence-corrected chi connectivity index (χ2v) is 8.54. The van der Waals surface area contributed by atoms with Gasteiger partial charge in [0.2, 0.25) is 23.6 Å². The highest BCUT2D eigenvalue weighted by molar-refractivity contribution is 5.95. The van der Waals surface area contributed by atoms with Crippen LogP contribution >= 0.6 is 0 Å². The number of nitrogens with one attached hydrogen (secondary N) is 4. The number of carboxylic acids is 1. The molecular weight excluding hydrogens is 488 g/mol. The van der Waals surface area contributed by atoms with Crippen LogP contribution in [0.2, 0.25) is 0 Å². The van der Waals surface area contributed by atoms with Crippen LogP contribution in [0.4, 0.5) is 0 Å². The molecule has 5 atom stereocenters. The number of aromatic nitrogens is 1. The molecular formula is C23H32N6O8. The molecule has 5 unspecified atom stereocenters. The number of hydrogen-bond donors (Lipinski definition) is 9. The van der Waals surface area contributed by atoms with Crippen molar-refractivity contribution in [2.45, 2.75) is 56.5 Å². The summed E-state index contributed by atoms with van der Waals surface area (Å²) in [7, 11) is 0. The van der Waals surface area contributed by atoms with Gasteiger partial charge in [-0.15, -0.1) is 0 Å². The number of benzene rings is 1. The van der Waals surface area contributed by atoms with Crippen molar-refractivity contribution in [2.75, 3.05) is 6.61 Å². The second kappa shape index (κ2) is 13.3. The molecule has 2 aromatic rings. The van der Waals surface area contributed by atoms with Crippen molar-refractivity contribution in [3.8, 4) is 0 Å². The Balaban J connectivity index is 2.31. The lowest BCUT2D eigenvalue weighted by atomic mass is 10.0. The van der Waals surface area contributed by atoms with Gasteiger partial charge in [-0.1, -0.05) is 18.2 Å². The maximum absolute atomic E-state index is 13.3. The molecule has 202 valence electrons. The number of aliphatic hydroxyl groups is 2. The van der Waals surface area contributed by atoms with Gasteiger partial charge < -0.3 is 47.7 Å². The number of carbonyl (C=O) groups excluding carboxylic acids is 4. The minimum atomic E-state index is -1.65. The van der Waals surface area contributed by atoms with Gasteiger partial charge in [0.25, 0.3) is 0 Å². The molecule has 14 nitrogen and oxygen atoms in total. The van der Waals surface area contributed by atoms with E-state index in [9.17, 15) is 34.2 Å². The van der Waals surface area contributed by atoms with Gasteiger partial charge in [0.15, 0.2) is 0 Å². The van der Waals surface area contributed by atoms with Crippen molar-refractivity contribution in [1.82, 2.24) is 20.9 Å². The maximum atomic E-state index is 13.3. The number of primary amides is 1. The van der Waals surface area contributed by atoms with E-state index < -0.39 is 66.5 Å². The number of carboxylic acid groups (broad SMARTS) is 1. The third-order valence-corrected chi connectivity index (χ3v) is 5.66. The third-order valence-electron chi connectivity index (χ3n) is 5.66. The van der Waals surface area contributed by atoms with Gasteiger partial charge >= 0.3 is 5.97 Å². The minimum absolute atomic E-state index is 0.0351. The lowest BCUT2D eigenvalue weighted by Gasteiger charge is -2.25. The zero-order valence-corrected chi connectivity index (χ0v) is 20.1. The quantitative estimate of drug-likeness (QED) is 0.125. The van der Waals surface area contributed by atoms with E-state index in [1.807, 2.05) is 18.2 Å². The molecule has 1 heterocycles. The summed E-state index contributed by atoms with van der Waals surface area (Å²) in [5.74, 6) is -4.91. The SMILES string of the molecule is CC(O)C(N)C(=O)NC(Cc1c[nH]c2ccccc12)C(=O)NC(CCC(N)=O)C(=O)NC(CO)C(=O)O. The highest BCUT2D eigenvalue weighted by atomic mass is 16.4. The first kappa shape index (κ1) is 29.2. The molecule has 0 saturated carbocycles. The van der Waals surface area contributed by atoms with Crippen molar-refractivity contribution in [3.63, 3.8) is 0 Å². The summed E-state index contributed by atoms with van der Waals surface area (Å²) in [6, 6.07) is 1.56. The second-order valence-electron chi connectivity index (χ2n) is 8.54. The van der Waals surface area contributed by atoms with Crippen molar-refractivity contribution >= 4 is 40.5 Å². The Bertz CT molecular complexity index is 1130. The zero-order valence-electron chi connectivity index (χ0n) is 20.1. The van der Waals surface area contributed by atoms with Crippen LogP contribution < -0.4 is 27.4 Å². The number of hydrogen-bond acceptors (Lipinski definition) is 8. The maximum Gasteiger partial charge on any atom is 0.328 e. The fourth-order valence-electron chi connectivity index (χ4n) is 3.50. The monoisotopic (exact) mass is 520 g/mol. The number of amides is 4. The molecule has 0 aliphatic carbocycles. The number of rotatable bonds is 14. The van der Waals surface area contributed by atoms with Gasteiger partial charge in [-0.25, -0.2) is 4.79 Å². The fraction of sp³-hybridized carbons (Fsp3) is 0.435. The Morgan fingerprint density at radius 3 is 2.16 bits per heavy atom. The molecule has 11 N–H and O–H groups in total. The minimum Gasteiger partial charge on any atom is -0.480 e. The highest BCUT2D eigenvalue weighted by Crippen LogP contribution is 2.19. The topological polar surface area (TPSA) is 250 Å². The Labute approximate surface area is 211 Å². The predicted molar refractivity (Wildman–Crippen MR) is 131 cm³/mol. The number of H-pyrrole nitrogens is 1. The van der Waals surface area contributed by atoms with Crippen LogP contribution in [0.25, 0.3) is 10.9 Å². The highest BCUT2D eigenvalue weighted by Gasteiger charge is 2.31. The normalized spacial score (nSPS) is 15.1. The van der Waals surface area contributed by atoms with Crippen LogP contribution in [-0.4, -0.2) is 86.8 Å². The van der Waals surface area contributed by atoms with Crippen LogP contribution in [0, 0.1) is 0 Å².